The van der Waals surface area contributed by atoms with Crippen LogP contribution in [0, 0.1) is 36.5 Å². The third-order valence-electron chi connectivity index (χ3n) is 10.9. The fourth-order valence-electron chi connectivity index (χ4n) is 8.42. The van der Waals surface area contributed by atoms with Gasteiger partial charge in [0.15, 0.2) is 0 Å². The van der Waals surface area contributed by atoms with Gasteiger partial charge in [-0.2, -0.15) is 10.5 Å². The number of benzene rings is 7. The van der Waals surface area contributed by atoms with Gasteiger partial charge in [-0.05, 0) is 67.9 Å². The average Bonchev–Trinajstić information content (AvgIpc) is 3.75. The molecule has 0 aliphatic heterocycles. The maximum Gasteiger partial charge on any atom is 0.101 e. The molecule has 10 rings (SSSR count). The van der Waals surface area contributed by atoms with Gasteiger partial charge in [0.25, 0.3) is 0 Å². The molecule has 5 nitrogen and oxygen atoms in total. The second-order valence-electron chi connectivity index (χ2n) is 14.3. The van der Waals surface area contributed by atoms with Crippen molar-refractivity contribution >= 4 is 43.6 Å². The molecule has 56 heavy (non-hydrogen) atoms. The Kier molecular flexibility index (Phi) is 7.63. The monoisotopic (exact) mass is 715 g/mol. The van der Waals surface area contributed by atoms with Crippen molar-refractivity contribution < 1.29 is 0 Å². The average molecular weight is 716 g/mol. The SMILES string of the molecule is Cc1ccc2c(c1)c1ccccc1n2-c1c(-c2ccccc2)nc(-c2ccccc2)c(-n2c3ccccc3c3cc(C)ccc32)c1-c1ccc(C#N)c(C#N)c1. The molecule has 10 aromatic rings. The van der Waals surface area contributed by atoms with Crippen molar-refractivity contribution in [3.8, 4) is 57.2 Å². The number of para-hydroxylation sites is 2. The van der Waals surface area contributed by atoms with E-state index in [1.807, 2.05) is 24.3 Å². The van der Waals surface area contributed by atoms with Crippen molar-refractivity contribution in [2.45, 2.75) is 13.8 Å². The first-order valence-electron chi connectivity index (χ1n) is 18.7. The lowest BCUT2D eigenvalue weighted by Crippen LogP contribution is -2.10. The van der Waals surface area contributed by atoms with Crippen molar-refractivity contribution in [2.24, 2.45) is 0 Å². The van der Waals surface area contributed by atoms with Crippen LogP contribution in [0.5, 0.6) is 0 Å². The van der Waals surface area contributed by atoms with E-state index in [9.17, 15) is 10.5 Å². The molecule has 0 saturated carbocycles. The van der Waals surface area contributed by atoms with Crippen LogP contribution < -0.4 is 0 Å². The van der Waals surface area contributed by atoms with Crippen LogP contribution in [0.3, 0.4) is 0 Å². The number of rotatable bonds is 5. The topological polar surface area (TPSA) is 70.3 Å². The number of hydrogen-bond donors (Lipinski definition) is 0. The molecule has 0 fully saturated rings. The lowest BCUT2D eigenvalue weighted by Gasteiger charge is -2.26. The van der Waals surface area contributed by atoms with Crippen LogP contribution in [0.2, 0.25) is 0 Å². The van der Waals surface area contributed by atoms with E-state index in [-0.39, 0.29) is 0 Å². The normalized spacial score (nSPS) is 11.4. The highest BCUT2D eigenvalue weighted by Crippen LogP contribution is 2.48. The lowest BCUT2D eigenvalue weighted by molar-refractivity contribution is 1.10. The van der Waals surface area contributed by atoms with Gasteiger partial charge >= 0.3 is 0 Å². The Morgan fingerprint density at radius 3 is 1.34 bits per heavy atom. The van der Waals surface area contributed by atoms with E-state index in [2.05, 4.69) is 169 Å². The predicted octanol–water partition coefficient (Wildman–Crippen LogP) is 12.6. The highest BCUT2D eigenvalue weighted by Gasteiger charge is 2.30. The summed E-state index contributed by atoms with van der Waals surface area (Å²) in [6.07, 6.45) is 0. The molecule has 0 radical (unpaired) electrons. The molecule has 0 bridgehead atoms. The molecule has 3 heterocycles. The van der Waals surface area contributed by atoms with Crippen molar-refractivity contribution in [3.63, 3.8) is 0 Å². The molecular formula is C51H33N5. The van der Waals surface area contributed by atoms with Gasteiger partial charge in [-0.15, -0.1) is 0 Å². The number of aryl methyl sites for hydroxylation is 2. The molecule has 0 aliphatic carbocycles. The Morgan fingerprint density at radius 2 is 0.857 bits per heavy atom. The zero-order valence-electron chi connectivity index (χ0n) is 30.8. The van der Waals surface area contributed by atoms with Gasteiger partial charge in [-0.1, -0.05) is 126 Å². The van der Waals surface area contributed by atoms with Gasteiger partial charge in [0, 0.05) is 38.2 Å². The molecule has 0 aliphatic rings. The van der Waals surface area contributed by atoms with E-state index in [1.165, 1.54) is 11.1 Å². The lowest BCUT2D eigenvalue weighted by atomic mass is 9.92. The first-order valence-corrected chi connectivity index (χ1v) is 18.7. The largest absolute Gasteiger partial charge is 0.306 e. The molecule has 0 unspecified atom stereocenters. The summed E-state index contributed by atoms with van der Waals surface area (Å²) in [5, 5.41) is 25.1. The standard InChI is InChI=1S/C51H33N5/c1-32-21-25-45-41(27-32)39-17-9-11-19-43(39)55(45)50-47(36-23-24-37(30-52)38(29-36)31-53)51(56-44-20-12-10-18-40(44)42-28-33(2)22-26-46(42)56)49(35-15-7-4-8-16-35)54-48(50)34-13-5-3-6-14-34/h3-29H,1-2H3. The smallest absolute Gasteiger partial charge is 0.101 e. The second-order valence-corrected chi connectivity index (χ2v) is 14.3. The second kappa shape index (κ2) is 13.0. The summed E-state index contributed by atoms with van der Waals surface area (Å²) in [6, 6.07) is 61.3. The Morgan fingerprint density at radius 1 is 0.411 bits per heavy atom. The minimum atomic E-state index is 0.317. The number of hydrogen-bond acceptors (Lipinski definition) is 3. The van der Waals surface area contributed by atoms with E-state index in [1.54, 1.807) is 6.07 Å². The minimum Gasteiger partial charge on any atom is -0.306 e. The van der Waals surface area contributed by atoms with Crippen LogP contribution >= 0.6 is 0 Å². The Balaban J connectivity index is 1.53. The van der Waals surface area contributed by atoms with Gasteiger partial charge in [0.1, 0.15) is 12.1 Å². The quantitative estimate of drug-likeness (QED) is 0.178. The van der Waals surface area contributed by atoms with Crippen molar-refractivity contribution in [1.29, 1.82) is 10.5 Å². The third-order valence-corrected chi connectivity index (χ3v) is 10.9. The van der Waals surface area contributed by atoms with Gasteiger partial charge in [0.05, 0.1) is 56.0 Å². The summed E-state index contributed by atoms with van der Waals surface area (Å²) < 4.78 is 4.71. The molecule has 0 N–H and O–H groups in total. The number of nitriles is 2. The summed E-state index contributed by atoms with van der Waals surface area (Å²) in [4.78, 5) is 5.79. The molecule has 0 amide bonds. The Bertz CT molecular complexity index is 3100. The molecule has 0 saturated heterocycles. The van der Waals surface area contributed by atoms with Crippen LogP contribution in [0.4, 0.5) is 0 Å². The maximum absolute atomic E-state index is 10.5. The molecular weight excluding hydrogens is 683 g/mol. The number of pyridine rings is 1. The highest BCUT2D eigenvalue weighted by molar-refractivity contribution is 6.14. The Hall–Kier alpha value is -7.73. The molecule has 0 spiro atoms. The number of nitrogens with zero attached hydrogens (tertiary/aromatic N) is 5. The fourth-order valence-corrected chi connectivity index (χ4v) is 8.42. The zero-order valence-corrected chi connectivity index (χ0v) is 30.8. The highest BCUT2D eigenvalue weighted by atomic mass is 15.1. The predicted molar refractivity (Wildman–Crippen MR) is 228 cm³/mol. The van der Waals surface area contributed by atoms with Crippen LogP contribution in [-0.2, 0) is 0 Å². The third kappa shape index (κ3) is 5.03. The zero-order chi connectivity index (χ0) is 37.9. The van der Waals surface area contributed by atoms with Crippen LogP contribution in [0.15, 0.2) is 164 Å². The molecule has 262 valence electrons. The first kappa shape index (κ1) is 32.9. The van der Waals surface area contributed by atoms with E-state index < -0.39 is 0 Å². The van der Waals surface area contributed by atoms with Crippen LogP contribution in [0.25, 0.3) is 88.6 Å². The number of aromatic nitrogens is 3. The van der Waals surface area contributed by atoms with Crippen molar-refractivity contribution in [2.75, 3.05) is 0 Å². The molecule has 3 aromatic heterocycles. The van der Waals surface area contributed by atoms with Crippen molar-refractivity contribution in [3.05, 3.63) is 186 Å². The van der Waals surface area contributed by atoms with Gasteiger partial charge in [-0.3, -0.25) is 0 Å². The maximum atomic E-state index is 10.5. The van der Waals surface area contributed by atoms with E-state index in [4.69, 9.17) is 4.98 Å². The fraction of sp³-hybridized carbons (Fsp3) is 0.0392. The van der Waals surface area contributed by atoms with E-state index in [0.717, 1.165) is 88.6 Å². The van der Waals surface area contributed by atoms with Crippen LogP contribution in [-0.4, -0.2) is 14.1 Å². The summed E-state index contributed by atoms with van der Waals surface area (Å²) in [5.41, 5.74) is 14.1. The van der Waals surface area contributed by atoms with Gasteiger partial charge in [0.2, 0.25) is 0 Å². The summed E-state index contributed by atoms with van der Waals surface area (Å²) >= 11 is 0. The van der Waals surface area contributed by atoms with E-state index >= 15 is 0 Å². The summed E-state index contributed by atoms with van der Waals surface area (Å²) in [5.74, 6) is 0. The summed E-state index contributed by atoms with van der Waals surface area (Å²) in [7, 11) is 0. The van der Waals surface area contributed by atoms with Gasteiger partial charge < -0.3 is 9.13 Å². The van der Waals surface area contributed by atoms with Crippen LogP contribution in [0.1, 0.15) is 22.3 Å². The van der Waals surface area contributed by atoms with Crippen molar-refractivity contribution in [1.82, 2.24) is 14.1 Å². The Labute approximate surface area is 324 Å². The molecule has 0 atom stereocenters. The van der Waals surface area contributed by atoms with Gasteiger partial charge in [-0.25, -0.2) is 4.98 Å². The first-order chi connectivity index (χ1) is 27.5. The molecule has 5 heteroatoms. The molecule has 7 aromatic carbocycles. The van der Waals surface area contributed by atoms with E-state index in [0.29, 0.717) is 11.1 Å². The minimum absolute atomic E-state index is 0.317. The summed E-state index contributed by atoms with van der Waals surface area (Å²) in [6.45, 7) is 4.26. The number of fused-ring (bicyclic) bond motifs is 6.